The van der Waals surface area contributed by atoms with Crippen molar-refractivity contribution >= 4 is 5.69 Å². The average Bonchev–Trinajstić information content (AvgIpc) is 2.44. The van der Waals surface area contributed by atoms with Gasteiger partial charge < -0.3 is 10.1 Å². The van der Waals surface area contributed by atoms with Gasteiger partial charge >= 0.3 is 0 Å². The summed E-state index contributed by atoms with van der Waals surface area (Å²) in [4.78, 5) is 0. The van der Waals surface area contributed by atoms with Crippen molar-refractivity contribution in [3.63, 3.8) is 0 Å². The van der Waals surface area contributed by atoms with Crippen LogP contribution in [0.1, 0.15) is 11.6 Å². The van der Waals surface area contributed by atoms with Crippen LogP contribution in [0, 0.1) is 23.0 Å². The molecule has 0 amide bonds. The van der Waals surface area contributed by atoms with E-state index in [0.717, 1.165) is 0 Å². The van der Waals surface area contributed by atoms with Crippen molar-refractivity contribution in [2.75, 3.05) is 12.4 Å². The number of rotatable bonds is 4. The quantitative estimate of drug-likeness (QED) is 0.925. The van der Waals surface area contributed by atoms with Crippen molar-refractivity contribution in [3.8, 4) is 11.8 Å². The van der Waals surface area contributed by atoms with Crippen LogP contribution in [0.2, 0.25) is 0 Å². The first-order chi connectivity index (χ1) is 9.63. The molecule has 1 unspecified atom stereocenters. The fourth-order valence-corrected chi connectivity index (χ4v) is 1.80. The number of halogens is 2. The van der Waals surface area contributed by atoms with Crippen molar-refractivity contribution in [2.24, 2.45) is 0 Å². The summed E-state index contributed by atoms with van der Waals surface area (Å²) in [6.07, 6.45) is 0. The van der Waals surface area contributed by atoms with Crippen LogP contribution in [-0.4, -0.2) is 7.11 Å². The number of ether oxygens (including phenoxy) is 1. The van der Waals surface area contributed by atoms with Gasteiger partial charge in [-0.2, -0.15) is 5.26 Å². The van der Waals surface area contributed by atoms with Crippen LogP contribution < -0.4 is 10.1 Å². The van der Waals surface area contributed by atoms with Crippen LogP contribution in [0.25, 0.3) is 0 Å². The number of nitrogens with zero attached hydrogens (tertiary/aromatic N) is 1. The van der Waals surface area contributed by atoms with Crippen LogP contribution in [0.4, 0.5) is 14.5 Å². The molecule has 0 radical (unpaired) electrons. The van der Waals surface area contributed by atoms with E-state index in [1.807, 2.05) is 6.07 Å². The maximum Gasteiger partial charge on any atom is 0.165 e. The minimum atomic E-state index is -0.780. The van der Waals surface area contributed by atoms with E-state index in [-0.39, 0.29) is 5.75 Å². The van der Waals surface area contributed by atoms with Crippen LogP contribution in [0.15, 0.2) is 42.5 Å². The van der Waals surface area contributed by atoms with Crippen LogP contribution in [0.3, 0.4) is 0 Å². The lowest BCUT2D eigenvalue weighted by Crippen LogP contribution is -2.09. The van der Waals surface area contributed by atoms with Crippen molar-refractivity contribution in [1.82, 2.24) is 0 Å². The van der Waals surface area contributed by atoms with Gasteiger partial charge in [0.25, 0.3) is 0 Å². The first-order valence-corrected chi connectivity index (χ1v) is 5.89. The zero-order chi connectivity index (χ0) is 14.5. The summed E-state index contributed by atoms with van der Waals surface area (Å²) >= 11 is 0. The molecule has 0 aliphatic rings. The Labute approximate surface area is 115 Å². The second-order valence-corrected chi connectivity index (χ2v) is 4.11. The molecule has 2 aromatic rings. The fourth-order valence-electron chi connectivity index (χ4n) is 1.80. The lowest BCUT2D eigenvalue weighted by Gasteiger charge is -2.14. The Balaban J connectivity index is 2.25. The zero-order valence-electron chi connectivity index (χ0n) is 10.7. The second-order valence-electron chi connectivity index (χ2n) is 4.11. The smallest absolute Gasteiger partial charge is 0.165 e. The van der Waals surface area contributed by atoms with Gasteiger partial charge in [0.2, 0.25) is 0 Å². The average molecular weight is 274 g/mol. The Morgan fingerprint density at radius 2 is 2.00 bits per heavy atom. The molecule has 2 aromatic carbocycles. The molecule has 0 heterocycles. The van der Waals surface area contributed by atoms with Crippen molar-refractivity contribution < 1.29 is 13.5 Å². The van der Waals surface area contributed by atoms with E-state index in [2.05, 4.69) is 5.32 Å². The number of nitriles is 1. The Bertz CT molecular complexity index is 653. The van der Waals surface area contributed by atoms with Gasteiger partial charge in [-0.1, -0.05) is 12.1 Å². The largest absolute Gasteiger partial charge is 0.494 e. The third-order valence-electron chi connectivity index (χ3n) is 2.77. The summed E-state index contributed by atoms with van der Waals surface area (Å²) in [5.41, 5.74) is 0.892. The van der Waals surface area contributed by atoms with Crippen molar-refractivity contribution in [3.05, 3.63) is 59.7 Å². The molecule has 1 N–H and O–H groups in total. The molecule has 0 saturated carbocycles. The molecule has 0 saturated heterocycles. The highest BCUT2D eigenvalue weighted by Crippen LogP contribution is 2.24. The molecule has 5 heteroatoms. The molecule has 0 bridgehead atoms. The minimum absolute atomic E-state index is 0.108. The Morgan fingerprint density at radius 1 is 1.20 bits per heavy atom. The molecule has 1 atom stereocenters. The van der Waals surface area contributed by atoms with E-state index < -0.39 is 17.7 Å². The molecule has 0 spiro atoms. The molecule has 20 heavy (non-hydrogen) atoms. The molecular weight excluding hydrogens is 262 g/mol. The molecule has 0 fully saturated rings. The number of hydrogen-bond donors (Lipinski definition) is 1. The predicted molar refractivity (Wildman–Crippen MR) is 71.3 cm³/mol. The van der Waals surface area contributed by atoms with Crippen LogP contribution in [-0.2, 0) is 0 Å². The highest BCUT2D eigenvalue weighted by molar-refractivity contribution is 5.48. The van der Waals surface area contributed by atoms with E-state index in [1.54, 1.807) is 12.1 Å². The summed E-state index contributed by atoms with van der Waals surface area (Å²) in [5, 5.41) is 12.0. The number of nitrogens with one attached hydrogen (secondary N) is 1. The second kappa shape index (κ2) is 6.02. The van der Waals surface area contributed by atoms with Gasteiger partial charge in [0, 0.05) is 5.69 Å². The molecule has 0 aliphatic carbocycles. The normalized spacial score (nSPS) is 11.5. The van der Waals surface area contributed by atoms with Gasteiger partial charge in [-0.05, 0) is 35.9 Å². The SMILES string of the molecule is COc1ccc(C(C#N)Nc2cccc(F)c2)cc1F. The molecular formula is C15H12F2N2O. The zero-order valence-corrected chi connectivity index (χ0v) is 10.7. The van der Waals surface area contributed by atoms with E-state index in [9.17, 15) is 8.78 Å². The summed E-state index contributed by atoms with van der Waals surface area (Å²) < 4.78 is 31.5. The van der Waals surface area contributed by atoms with Crippen molar-refractivity contribution in [2.45, 2.75) is 6.04 Å². The first-order valence-electron chi connectivity index (χ1n) is 5.89. The lowest BCUT2D eigenvalue weighted by molar-refractivity contribution is 0.386. The monoisotopic (exact) mass is 274 g/mol. The van der Waals surface area contributed by atoms with Gasteiger partial charge in [-0.25, -0.2) is 8.78 Å². The van der Waals surface area contributed by atoms with E-state index in [4.69, 9.17) is 10.00 Å². The highest BCUT2D eigenvalue weighted by atomic mass is 19.1. The highest BCUT2D eigenvalue weighted by Gasteiger charge is 2.13. The molecule has 102 valence electrons. The third-order valence-corrected chi connectivity index (χ3v) is 2.77. The molecule has 3 nitrogen and oxygen atoms in total. The van der Waals surface area contributed by atoms with Crippen LogP contribution >= 0.6 is 0 Å². The first kappa shape index (κ1) is 13.8. The van der Waals surface area contributed by atoms with Gasteiger partial charge in [0.05, 0.1) is 13.2 Å². The van der Waals surface area contributed by atoms with Crippen LogP contribution in [0.5, 0.6) is 5.75 Å². The predicted octanol–water partition coefficient (Wildman–Crippen LogP) is 3.65. The Hall–Kier alpha value is -2.61. The Morgan fingerprint density at radius 3 is 2.60 bits per heavy atom. The van der Waals surface area contributed by atoms with Crippen molar-refractivity contribution in [1.29, 1.82) is 5.26 Å². The maximum absolute atomic E-state index is 13.6. The number of methoxy groups -OCH3 is 1. The number of hydrogen-bond acceptors (Lipinski definition) is 3. The van der Waals surface area contributed by atoms with Gasteiger partial charge in [-0.3, -0.25) is 0 Å². The van der Waals surface area contributed by atoms with E-state index in [1.165, 1.54) is 37.4 Å². The summed E-state index contributed by atoms with van der Waals surface area (Å²) in [5.74, 6) is -0.852. The van der Waals surface area contributed by atoms with Gasteiger partial charge in [0.15, 0.2) is 11.6 Å². The fraction of sp³-hybridized carbons (Fsp3) is 0.133. The summed E-state index contributed by atoms with van der Waals surface area (Å²) in [6.45, 7) is 0. The van der Waals surface area contributed by atoms with E-state index >= 15 is 0 Å². The third kappa shape index (κ3) is 3.04. The number of benzene rings is 2. The standard InChI is InChI=1S/C15H12F2N2O/c1-20-15-6-5-10(7-13(15)17)14(9-18)19-12-4-2-3-11(16)8-12/h2-8,14,19H,1H3. The summed E-state index contributed by atoms with van der Waals surface area (Å²) in [7, 11) is 1.37. The topological polar surface area (TPSA) is 45.0 Å². The summed E-state index contributed by atoms with van der Waals surface area (Å²) in [6, 6.07) is 11.2. The van der Waals surface area contributed by atoms with E-state index in [0.29, 0.717) is 11.3 Å². The number of anilines is 1. The van der Waals surface area contributed by atoms with Gasteiger partial charge in [-0.15, -0.1) is 0 Å². The van der Waals surface area contributed by atoms with Gasteiger partial charge in [0.1, 0.15) is 11.9 Å². The molecule has 2 rings (SSSR count). The minimum Gasteiger partial charge on any atom is -0.494 e. The Kier molecular flexibility index (Phi) is 4.16. The molecule has 0 aliphatic heterocycles. The molecule has 0 aromatic heterocycles. The lowest BCUT2D eigenvalue weighted by atomic mass is 10.1. The maximum atomic E-state index is 13.6.